The second-order valence-electron chi connectivity index (χ2n) is 7.60. The maximum absolute atomic E-state index is 15.1. The van der Waals surface area contributed by atoms with E-state index in [1.165, 1.54) is 12.3 Å². The maximum Gasteiger partial charge on any atom is 0.341 e. The second kappa shape index (κ2) is 6.73. The lowest BCUT2D eigenvalue weighted by Gasteiger charge is -2.34. The number of anilines is 1. The van der Waals surface area contributed by atoms with E-state index in [0.717, 1.165) is 18.6 Å². The highest BCUT2D eigenvalue weighted by atomic mass is 19.1. The van der Waals surface area contributed by atoms with Gasteiger partial charge in [0.05, 0.1) is 23.5 Å². The zero-order chi connectivity index (χ0) is 20.1. The minimum absolute atomic E-state index is 0.0612. The molecule has 0 bridgehead atoms. The van der Waals surface area contributed by atoms with Gasteiger partial charge in [0.1, 0.15) is 17.1 Å². The number of aromatic nitrogens is 1. The standard InChI is InChI=1S/C21H20FN3O4/c22-15-8-13-17(25(12-3-4-12)10-14(20(13)26)21(27)28)9-18(15)24-6-5-23-16(11-24)19-2-1-7-29-19/h1-2,7-10,12,16,23H,3-6,11H2,(H,27,28). The number of halogens is 1. The molecule has 1 aromatic carbocycles. The van der Waals surface area contributed by atoms with Crippen LogP contribution in [0.25, 0.3) is 10.9 Å². The van der Waals surface area contributed by atoms with Crippen molar-refractivity contribution in [1.29, 1.82) is 0 Å². The Morgan fingerprint density at radius 3 is 2.83 bits per heavy atom. The van der Waals surface area contributed by atoms with Crippen molar-refractivity contribution >= 4 is 22.6 Å². The van der Waals surface area contributed by atoms with Crippen molar-refractivity contribution in [3.05, 3.63) is 64.1 Å². The minimum Gasteiger partial charge on any atom is -0.477 e. The molecule has 2 aliphatic rings. The lowest BCUT2D eigenvalue weighted by molar-refractivity contribution is 0.0695. The number of benzene rings is 1. The van der Waals surface area contributed by atoms with Crippen LogP contribution in [0.15, 0.2) is 45.9 Å². The SMILES string of the molecule is O=C(O)c1cn(C2CC2)c2cc(N3CCNC(c4ccco4)C3)c(F)cc2c1=O. The van der Waals surface area contributed by atoms with Crippen LogP contribution in [0.5, 0.6) is 0 Å². The molecule has 29 heavy (non-hydrogen) atoms. The summed E-state index contributed by atoms with van der Waals surface area (Å²) in [6.45, 7) is 1.80. The Labute approximate surface area is 165 Å². The van der Waals surface area contributed by atoms with Crippen LogP contribution in [0.3, 0.4) is 0 Å². The molecule has 0 radical (unpaired) electrons. The molecule has 7 nitrogen and oxygen atoms in total. The van der Waals surface area contributed by atoms with E-state index in [1.54, 1.807) is 12.3 Å². The molecule has 1 aliphatic heterocycles. The zero-order valence-corrected chi connectivity index (χ0v) is 15.6. The highest BCUT2D eigenvalue weighted by molar-refractivity contribution is 5.93. The minimum atomic E-state index is -1.29. The van der Waals surface area contributed by atoms with E-state index in [0.29, 0.717) is 30.8 Å². The number of pyridine rings is 1. The Kier molecular flexibility index (Phi) is 4.16. The number of piperazine rings is 1. The molecule has 1 unspecified atom stereocenters. The van der Waals surface area contributed by atoms with E-state index in [9.17, 15) is 14.7 Å². The molecule has 1 saturated carbocycles. The fraction of sp³-hybridized carbons (Fsp3) is 0.333. The van der Waals surface area contributed by atoms with Gasteiger partial charge in [-0.2, -0.15) is 0 Å². The summed E-state index contributed by atoms with van der Waals surface area (Å²) in [5.41, 5.74) is 0.0136. The lowest BCUT2D eigenvalue weighted by Crippen LogP contribution is -2.46. The van der Waals surface area contributed by atoms with Gasteiger partial charge in [-0.25, -0.2) is 9.18 Å². The van der Waals surface area contributed by atoms with Gasteiger partial charge in [-0.15, -0.1) is 0 Å². The van der Waals surface area contributed by atoms with Crippen LogP contribution in [-0.4, -0.2) is 35.3 Å². The monoisotopic (exact) mass is 397 g/mol. The van der Waals surface area contributed by atoms with E-state index < -0.39 is 17.2 Å². The van der Waals surface area contributed by atoms with Crippen molar-refractivity contribution in [2.24, 2.45) is 0 Å². The summed E-state index contributed by atoms with van der Waals surface area (Å²) in [5.74, 6) is -1.03. The third-order valence-corrected chi connectivity index (χ3v) is 5.67. The number of hydrogen-bond acceptors (Lipinski definition) is 5. The van der Waals surface area contributed by atoms with E-state index >= 15 is 4.39 Å². The van der Waals surface area contributed by atoms with Crippen molar-refractivity contribution in [3.8, 4) is 0 Å². The number of nitrogens with zero attached hydrogens (tertiary/aromatic N) is 2. The molecule has 1 atom stereocenters. The Hall–Kier alpha value is -3.13. The molecule has 5 rings (SSSR count). The Balaban J connectivity index is 1.61. The number of nitrogens with one attached hydrogen (secondary N) is 1. The summed E-state index contributed by atoms with van der Waals surface area (Å²) in [5, 5.41) is 12.8. The summed E-state index contributed by atoms with van der Waals surface area (Å²) in [6.07, 6.45) is 4.84. The molecular formula is C21H20FN3O4. The number of furan rings is 1. The maximum atomic E-state index is 15.1. The molecule has 3 heterocycles. The van der Waals surface area contributed by atoms with Crippen LogP contribution in [-0.2, 0) is 0 Å². The Morgan fingerprint density at radius 1 is 1.31 bits per heavy atom. The number of hydrogen-bond donors (Lipinski definition) is 2. The molecule has 1 saturated heterocycles. The topological polar surface area (TPSA) is 87.7 Å². The first-order valence-corrected chi connectivity index (χ1v) is 9.66. The van der Waals surface area contributed by atoms with Crippen LogP contribution < -0.4 is 15.6 Å². The molecule has 0 amide bonds. The predicted octanol–water partition coefficient (Wildman–Crippen LogP) is 2.92. The van der Waals surface area contributed by atoms with E-state index in [1.807, 2.05) is 21.6 Å². The van der Waals surface area contributed by atoms with Gasteiger partial charge in [-0.1, -0.05) is 0 Å². The van der Waals surface area contributed by atoms with E-state index in [-0.39, 0.29) is 23.0 Å². The van der Waals surface area contributed by atoms with Crippen LogP contribution in [0.1, 0.15) is 41.0 Å². The summed E-state index contributed by atoms with van der Waals surface area (Å²) in [6, 6.07) is 6.65. The number of fused-ring (bicyclic) bond motifs is 1. The van der Waals surface area contributed by atoms with Crippen LogP contribution in [0, 0.1) is 5.82 Å². The van der Waals surface area contributed by atoms with Gasteiger partial charge in [-0.05, 0) is 37.1 Å². The van der Waals surface area contributed by atoms with E-state index in [4.69, 9.17) is 4.42 Å². The molecule has 3 aromatic rings. The molecule has 150 valence electrons. The fourth-order valence-electron chi connectivity index (χ4n) is 4.06. The van der Waals surface area contributed by atoms with Gasteiger partial charge in [0, 0.05) is 37.3 Å². The quantitative estimate of drug-likeness (QED) is 0.704. The Bertz CT molecular complexity index is 1150. The van der Waals surface area contributed by atoms with Crippen LogP contribution >= 0.6 is 0 Å². The first-order valence-electron chi connectivity index (χ1n) is 9.66. The molecule has 2 aromatic heterocycles. The predicted molar refractivity (Wildman–Crippen MR) is 105 cm³/mol. The lowest BCUT2D eigenvalue weighted by atomic mass is 10.1. The van der Waals surface area contributed by atoms with Crippen molar-refractivity contribution in [3.63, 3.8) is 0 Å². The number of carboxylic acids is 1. The molecular weight excluding hydrogens is 377 g/mol. The normalized spacial score (nSPS) is 19.6. The van der Waals surface area contributed by atoms with Gasteiger partial charge in [0.25, 0.3) is 0 Å². The first-order chi connectivity index (χ1) is 14.0. The second-order valence-corrected chi connectivity index (χ2v) is 7.60. The molecule has 2 fully saturated rings. The summed E-state index contributed by atoms with van der Waals surface area (Å²) < 4.78 is 22.4. The number of aromatic carboxylic acids is 1. The van der Waals surface area contributed by atoms with E-state index in [2.05, 4.69) is 5.32 Å². The van der Waals surface area contributed by atoms with Gasteiger partial charge in [0.15, 0.2) is 0 Å². The summed E-state index contributed by atoms with van der Waals surface area (Å²) in [4.78, 5) is 26.0. The van der Waals surface area contributed by atoms with Crippen molar-refractivity contribution < 1.29 is 18.7 Å². The molecule has 0 spiro atoms. The smallest absolute Gasteiger partial charge is 0.341 e. The molecule has 2 N–H and O–H groups in total. The molecule has 8 heteroatoms. The highest BCUT2D eigenvalue weighted by Crippen LogP contribution is 2.38. The number of rotatable bonds is 4. The van der Waals surface area contributed by atoms with Crippen molar-refractivity contribution in [1.82, 2.24) is 9.88 Å². The van der Waals surface area contributed by atoms with Gasteiger partial charge < -0.3 is 24.3 Å². The largest absolute Gasteiger partial charge is 0.477 e. The average molecular weight is 397 g/mol. The van der Waals surface area contributed by atoms with Crippen molar-refractivity contribution in [2.45, 2.75) is 24.9 Å². The fourth-order valence-corrected chi connectivity index (χ4v) is 4.06. The van der Waals surface area contributed by atoms with Gasteiger partial charge in [-0.3, -0.25) is 4.79 Å². The van der Waals surface area contributed by atoms with Crippen LogP contribution in [0.2, 0.25) is 0 Å². The summed E-state index contributed by atoms with van der Waals surface area (Å²) >= 11 is 0. The average Bonchev–Trinajstić information content (AvgIpc) is 3.41. The van der Waals surface area contributed by atoms with Crippen molar-refractivity contribution in [2.75, 3.05) is 24.5 Å². The highest BCUT2D eigenvalue weighted by Gasteiger charge is 2.29. The van der Waals surface area contributed by atoms with Gasteiger partial charge in [0.2, 0.25) is 5.43 Å². The van der Waals surface area contributed by atoms with Crippen LogP contribution in [0.4, 0.5) is 10.1 Å². The summed E-state index contributed by atoms with van der Waals surface area (Å²) in [7, 11) is 0. The third-order valence-electron chi connectivity index (χ3n) is 5.67. The van der Waals surface area contributed by atoms with Gasteiger partial charge >= 0.3 is 5.97 Å². The first kappa shape index (κ1) is 17.9. The Morgan fingerprint density at radius 2 is 2.14 bits per heavy atom. The molecule has 1 aliphatic carbocycles. The third kappa shape index (κ3) is 3.09. The zero-order valence-electron chi connectivity index (χ0n) is 15.6. The number of carboxylic acid groups (broad SMARTS) is 1. The number of carbonyl (C=O) groups is 1.